The lowest BCUT2D eigenvalue weighted by Crippen LogP contribution is -2.01. The second-order valence-corrected chi connectivity index (χ2v) is 6.52. The van der Waals surface area contributed by atoms with Crippen molar-refractivity contribution in [3.63, 3.8) is 0 Å². The first-order chi connectivity index (χ1) is 13.3. The van der Waals surface area contributed by atoms with Crippen LogP contribution < -0.4 is 0 Å². The van der Waals surface area contributed by atoms with Gasteiger partial charge in [0, 0.05) is 18.3 Å². The van der Waals surface area contributed by atoms with E-state index in [1.54, 1.807) is 24.8 Å². The number of hydrogen-bond donors (Lipinski definition) is 0. The van der Waals surface area contributed by atoms with Crippen LogP contribution in [0.2, 0.25) is 0 Å². The summed E-state index contributed by atoms with van der Waals surface area (Å²) in [5.74, 6) is -0.232. The van der Waals surface area contributed by atoms with Crippen LogP contribution in [0.25, 0.3) is 16.8 Å². The Labute approximate surface area is 154 Å². The summed E-state index contributed by atoms with van der Waals surface area (Å²) >= 11 is 0. The Hall–Kier alpha value is -3.54. The molecule has 0 fully saturated rings. The largest absolute Gasteiger partial charge is 0.311 e. The molecule has 6 heteroatoms. The minimum atomic E-state index is -0.232. The van der Waals surface area contributed by atoms with Crippen LogP contribution in [0.1, 0.15) is 16.8 Å². The second-order valence-electron chi connectivity index (χ2n) is 6.52. The van der Waals surface area contributed by atoms with Gasteiger partial charge in [-0.25, -0.2) is 19.3 Å². The molecule has 2 aromatic carbocycles. The maximum Gasteiger partial charge on any atom is 0.168 e. The van der Waals surface area contributed by atoms with Crippen molar-refractivity contribution in [3.8, 4) is 0 Å². The molecule has 5 nitrogen and oxygen atoms in total. The van der Waals surface area contributed by atoms with Crippen LogP contribution in [0.3, 0.4) is 0 Å². The van der Waals surface area contributed by atoms with Gasteiger partial charge >= 0.3 is 0 Å². The second kappa shape index (κ2) is 6.32. The molecule has 27 heavy (non-hydrogen) atoms. The molecule has 132 valence electrons. The summed E-state index contributed by atoms with van der Waals surface area (Å²) in [5, 5.41) is 0. The van der Waals surface area contributed by atoms with Crippen LogP contribution in [0.5, 0.6) is 0 Å². The van der Waals surface area contributed by atoms with E-state index in [-0.39, 0.29) is 5.82 Å². The summed E-state index contributed by atoms with van der Waals surface area (Å²) in [4.78, 5) is 13.7. The van der Waals surface area contributed by atoms with E-state index in [1.807, 2.05) is 33.4 Å². The zero-order valence-electron chi connectivity index (χ0n) is 14.5. The first kappa shape index (κ1) is 15.7. The first-order valence-electron chi connectivity index (χ1n) is 8.72. The van der Waals surface area contributed by atoms with Crippen molar-refractivity contribution in [1.82, 2.24) is 23.9 Å². The van der Waals surface area contributed by atoms with E-state index in [1.165, 1.54) is 17.7 Å². The predicted octanol–water partition coefficient (Wildman–Crippen LogP) is 3.86. The van der Waals surface area contributed by atoms with E-state index in [2.05, 4.69) is 27.1 Å². The van der Waals surface area contributed by atoms with Crippen LogP contribution in [0.4, 0.5) is 4.39 Å². The molecule has 0 aliphatic heterocycles. The molecule has 0 N–H and O–H groups in total. The Morgan fingerprint density at radius 3 is 2.41 bits per heavy atom. The van der Waals surface area contributed by atoms with Crippen molar-refractivity contribution in [2.45, 2.75) is 13.0 Å². The molecular formula is C21H16FN5. The third-order valence-electron chi connectivity index (χ3n) is 4.69. The molecule has 0 unspecified atom stereocenters. The monoisotopic (exact) mass is 357 g/mol. The summed E-state index contributed by atoms with van der Waals surface area (Å²) in [5.41, 5.74) is 5.57. The Balaban J connectivity index is 1.52. The zero-order chi connectivity index (χ0) is 18.2. The third-order valence-corrected chi connectivity index (χ3v) is 4.69. The number of hydrogen-bond acceptors (Lipinski definition) is 3. The highest BCUT2D eigenvalue weighted by Crippen LogP contribution is 2.19. The Kier molecular flexibility index (Phi) is 3.67. The molecule has 0 bridgehead atoms. The SMILES string of the molecule is Fc1ccc(Cc2cnc3c4ncn(Cc5ccccc5)c4ncn23)cc1. The number of fused-ring (bicyclic) bond motifs is 3. The molecule has 0 atom stereocenters. The van der Waals surface area contributed by atoms with E-state index in [0.717, 1.165) is 28.1 Å². The van der Waals surface area contributed by atoms with Gasteiger partial charge < -0.3 is 4.57 Å². The molecule has 3 aromatic heterocycles. The van der Waals surface area contributed by atoms with E-state index in [9.17, 15) is 4.39 Å². The lowest BCUT2D eigenvalue weighted by Gasteiger charge is -2.05. The number of aromatic nitrogens is 5. The van der Waals surface area contributed by atoms with Gasteiger partial charge in [-0.1, -0.05) is 42.5 Å². The van der Waals surface area contributed by atoms with Crippen LogP contribution in [-0.2, 0) is 13.0 Å². The zero-order valence-corrected chi connectivity index (χ0v) is 14.5. The van der Waals surface area contributed by atoms with Crippen molar-refractivity contribution >= 4 is 16.8 Å². The maximum atomic E-state index is 13.1. The summed E-state index contributed by atoms with van der Waals surface area (Å²) < 4.78 is 17.1. The molecular weight excluding hydrogens is 341 g/mol. The van der Waals surface area contributed by atoms with Crippen molar-refractivity contribution in [2.24, 2.45) is 0 Å². The first-order valence-corrected chi connectivity index (χ1v) is 8.72. The molecule has 3 heterocycles. The average molecular weight is 357 g/mol. The lowest BCUT2D eigenvalue weighted by molar-refractivity contribution is 0.627. The minimum absolute atomic E-state index is 0.232. The lowest BCUT2D eigenvalue weighted by atomic mass is 10.1. The number of benzene rings is 2. The van der Waals surface area contributed by atoms with Gasteiger partial charge in [0.05, 0.1) is 12.9 Å². The normalized spacial score (nSPS) is 11.4. The van der Waals surface area contributed by atoms with Crippen molar-refractivity contribution in [2.75, 3.05) is 0 Å². The average Bonchev–Trinajstić information content (AvgIpc) is 3.29. The molecule has 0 aliphatic rings. The molecule has 5 rings (SSSR count). The van der Waals surface area contributed by atoms with Crippen molar-refractivity contribution in [3.05, 3.63) is 96.1 Å². The number of halogens is 1. The number of imidazole rings is 2. The number of rotatable bonds is 4. The highest BCUT2D eigenvalue weighted by molar-refractivity contribution is 5.85. The predicted molar refractivity (Wildman–Crippen MR) is 101 cm³/mol. The molecule has 5 aromatic rings. The Morgan fingerprint density at radius 1 is 0.778 bits per heavy atom. The molecule has 0 saturated carbocycles. The van der Waals surface area contributed by atoms with Gasteiger partial charge in [0.2, 0.25) is 0 Å². The van der Waals surface area contributed by atoms with Gasteiger partial charge in [-0.15, -0.1) is 0 Å². The van der Waals surface area contributed by atoms with Gasteiger partial charge in [0.1, 0.15) is 12.1 Å². The van der Waals surface area contributed by atoms with Crippen molar-refractivity contribution in [1.29, 1.82) is 0 Å². The fourth-order valence-corrected chi connectivity index (χ4v) is 3.32. The maximum absolute atomic E-state index is 13.1. The van der Waals surface area contributed by atoms with E-state index < -0.39 is 0 Å². The molecule has 0 amide bonds. The molecule has 0 spiro atoms. The van der Waals surface area contributed by atoms with E-state index in [4.69, 9.17) is 0 Å². The summed E-state index contributed by atoms with van der Waals surface area (Å²) in [7, 11) is 0. The molecule has 0 saturated heterocycles. The Bertz CT molecular complexity index is 1220. The summed E-state index contributed by atoms with van der Waals surface area (Å²) in [6, 6.07) is 16.7. The highest BCUT2D eigenvalue weighted by Gasteiger charge is 2.13. The van der Waals surface area contributed by atoms with Crippen LogP contribution in [-0.4, -0.2) is 23.9 Å². The summed E-state index contributed by atoms with van der Waals surface area (Å²) in [6.45, 7) is 0.712. The van der Waals surface area contributed by atoms with E-state index >= 15 is 0 Å². The standard InChI is InChI=1S/C21H16FN5/c22-17-8-6-15(7-9-17)10-18-11-23-21-19-20(25-14-27(18)21)26(13-24-19)12-16-4-2-1-3-5-16/h1-9,11,13-14H,10,12H2. The van der Waals surface area contributed by atoms with E-state index in [0.29, 0.717) is 13.0 Å². The van der Waals surface area contributed by atoms with Gasteiger partial charge in [-0.05, 0) is 23.3 Å². The fourth-order valence-electron chi connectivity index (χ4n) is 3.32. The molecule has 0 radical (unpaired) electrons. The minimum Gasteiger partial charge on any atom is -0.311 e. The summed E-state index contributed by atoms with van der Waals surface area (Å²) in [6.07, 6.45) is 6.07. The number of nitrogens with zero attached hydrogens (tertiary/aromatic N) is 5. The van der Waals surface area contributed by atoms with Gasteiger partial charge in [0.15, 0.2) is 16.8 Å². The van der Waals surface area contributed by atoms with Gasteiger partial charge in [-0.2, -0.15) is 0 Å². The Morgan fingerprint density at radius 2 is 1.59 bits per heavy atom. The third kappa shape index (κ3) is 2.85. The van der Waals surface area contributed by atoms with Crippen molar-refractivity contribution < 1.29 is 4.39 Å². The van der Waals surface area contributed by atoms with Crippen LogP contribution >= 0.6 is 0 Å². The fraction of sp³-hybridized carbons (Fsp3) is 0.0952. The smallest absolute Gasteiger partial charge is 0.168 e. The van der Waals surface area contributed by atoms with Crippen LogP contribution in [0.15, 0.2) is 73.4 Å². The van der Waals surface area contributed by atoms with Gasteiger partial charge in [-0.3, -0.25) is 4.40 Å². The molecule has 0 aliphatic carbocycles. The van der Waals surface area contributed by atoms with Gasteiger partial charge in [0.25, 0.3) is 0 Å². The quantitative estimate of drug-likeness (QED) is 0.491. The van der Waals surface area contributed by atoms with Crippen LogP contribution in [0, 0.1) is 5.82 Å². The topological polar surface area (TPSA) is 48.0 Å². The highest BCUT2D eigenvalue weighted by atomic mass is 19.1.